The Hall–Kier alpha value is -1.28. The van der Waals surface area contributed by atoms with E-state index in [2.05, 4.69) is 18.2 Å². The molecule has 17 heavy (non-hydrogen) atoms. The highest BCUT2D eigenvalue weighted by molar-refractivity contribution is 5.41. The maximum absolute atomic E-state index is 11.0. The van der Waals surface area contributed by atoms with Gasteiger partial charge in [-0.3, -0.25) is 0 Å². The van der Waals surface area contributed by atoms with Crippen LogP contribution in [-0.2, 0) is 16.8 Å². The Labute approximate surface area is 102 Å². The maximum Gasteiger partial charge on any atom is 0.114 e. The first-order valence-corrected chi connectivity index (χ1v) is 6.42. The monoisotopic (exact) mass is 230 g/mol. The van der Waals surface area contributed by atoms with Crippen LogP contribution in [0.3, 0.4) is 0 Å². The Morgan fingerprint density at radius 3 is 2.82 bits per heavy atom. The minimum absolute atomic E-state index is 0.779. The van der Waals surface area contributed by atoms with Crippen molar-refractivity contribution in [2.45, 2.75) is 37.7 Å². The summed E-state index contributed by atoms with van der Waals surface area (Å²) in [7, 11) is 0. The largest absolute Gasteiger partial charge is 0.501 e. The summed E-state index contributed by atoms with van der Waals surface area (Å²) >= 11 is 0. The summed E-state index contributed by atoms with van der Waals surface area (Å²) in [5, 5.41) is 11.0. The van der Waals surface area contributed by atoms with Gasteiger partial charge < -0.3 is 9.84 Å². The van der Waals surface area contributed by atoms with Crippen LogP contribution in [0.1, 0.15) is 36.8 Å². The first-order chi connectivity index (χ1) is 8.31. The molecule has 3 rings (SSSR count). The van der Waals surface area contributed by atoms with Crippen molar-refractivity contribution in [3.63, 3.8) is 0 Å². The molecule has 1 unspecified atom stereocenters. The van der Waals surface area contributed by atoms with E-state index in [-0.39, 0.29) is 0 Å². The summed E-state index contributed by atoms with van der Waals surface area (Å²) in [6.07, 6.45) is 6.68. The van der Waals surface area contributed by atoms with Crippen LogP contribution in [0.5, 0.6) is 0 Å². The second kappa shape index (κ2) is 4.19. The molecule has 1 aliphatic heterocycles. The van der Waals surface area contributed by atoms with Crippen LogP contribution in [0.15, 0.2) is 36.1 Å². The molecule has 0 spiro atoms. The molecule has 0 radical (unpaired) electrons. The standard InChI is InChI=1S/C15H18O2/c16-15(13-7-4-10-17-11-13)9-3-6-12-5-1-2-8-14(12)15/h1-2,5,8,11,16H,3-4,6-7,9-10H2. The molecule has 2 heteroatoms. The molecule has 0 amide bonds. The number of hydrogen-bond donors (Lipinski definition) is 1. The molecule has 0 bridgehead atoms. The lowest BCUT2D eigenvalue weighted by atomic mass is 9.74. The van der Waals surface area contributed by atoms with Crippen molar-refractivity contribution in [2.24, 2.45) is 0 Å². The number of rotatable bonds is 1. The second-order valence-corrected chi connectivity index (χ2v) is 4.99. The second-order valence-electron chi connectivity index (χ2n) is 4.99. The first-order valence-electron chi connectivity index (χ1n) is 6.42. The van der Waals surface area contributed by atoms with Crippen LogP contribution in [0, 0.1) is 0 Å². The van der Waals surface area contributed by atoms with Gasteiger partial charge in [0.05, 0.1) is 12.9 Å². The van der Waals surface area contributed by atoms with Crippen LogP contribution in [0.2, 0.25) is 0 Å². The first kappa shape index (κ1) is 10.8. The van der Waals surface area contributed by atoms with Crippen LogP contribution in [-0.4, -0.2) is 11.7 Å². The number of benzene rings is 1. The van der Waals surface area contributed by atoms with Crippen LogP contribution in [0.25, 0.3) is 0 Å². The van der Waals surface area contributed by atoms with Gasteiger partial charge in [-0.05, 0) is 43.2 Å². The topological polar surface area (TPSA) is 29.5 Å². The minimum atomic E-state index is -0.782. The Bertz CT molecular complexity index is 450. The van der Waals surface area contributed by atoms with E-state index in [4.69, 9.17) is 4.74 Å². The normalized spacial score (nSPS) is 27.9. The zero-order valence-electron chi connectivity index (χ0n) is 9.98. The molecule has 1 aromatic carbocycles. The molecule has 1 aliphatic carbocycles. The molecule has 1 heterocycles. The molecule has 0 saturated carbocycles. The van der Waals surface area contributed by atoms with Gasteiger partial charge in [-0.25, -0.2) is 0 Å². The third-order valence-electron chi connectivity index (χ3n) is 3.91. The van der Waals surface area contributed by atoms with Gasteiger partial charge in [0.15, 0.2) is 0 Å². The zero-order valence-corrected chi connectivity index (χ0v) is 9.98. The van der Waals surface area contributed by atoms with Crippen LogP contribution in [0.4, 0.5) is 0 Å². The van der Waals surface area contributed by atoms with E-state index in [0.717, 1.165) is 49.8 Å². The molecule has 2 nitrogen and oxygen atoms in total. The lowest BCUT2D eigenvalue weighted by Crippen LogP contribution is -2.34. The van der Waals surface area contributed by atoms with Crippen molar-refractivity contribution in [3.05, 3.63) is 47.2 Å². The Morgan fingerprint density at radius 2 is 2.00 bits per heavy atom. The van der Waals surface area contributed by atoms with E-state index in [0.29, 0.717) is 0 Å². The highest BCUT2D eigenvalue weighted by Gasteiger charge is 2.38. The Balaban J connectivity index is 2.05. The van der Waals surface area contributed by atoms with Gasteiger partial charge in [0.2, 0.25) is 0 Å². The van der Waals surface area contributed by atoms with E-state index in [1.165, 1.54) is 5.56 Å². The van der Waals surface area contributed by atoms with E-state index in [9.17, 15) is 5.11 Å². The van der Waals surface area contributed by atoms with E-state index in [1.54, 1.807) is 6.26 Å². The lowest BCUT2D eigenvalue weighted by molar-refractivity contribution is 0.0426. The molecular weight excluding hydrogens is 212 g/mol. The minimum Gasteiger partial charge on any atom is -0.501 e. The van der Waals surface area contributed by atoms with Gasteiger partial charge in [0.1, 0.15) is 5.60 Å². The average Bonchev–Trinajstić information content (AvgIpc) is 2.40. The van der Waals surface area contributed by atoms with Gasteiger partial charge in [0.25, 0.3) is 0 Å². The van der Waals surface area contributed by atoms with Crippen LogP contribution >= 0.6 is 0 Å². The van der Waals surface area contributed by atoms with Crippen LogP contribution < -0.4 is 0 Å². The molecule has 0 saturated heterocycles. The molecule has 1 atom stereocenters. The number of aryl methyl sites for hydroxylation is 1. The Morgan fingerprint density at radius 1 is 1.12 bits per heavy atom. The molecule has 0 aromatic heterocycles. The number of ether oxygens (including phenoxy) is 1. The van der Waals surface area contributed by atoms with Crippen molar-refractivity contribution in [3.8, 4) is 0 Å². The molecular formula is C15H18O2. The van der Waals surface area contributed by atoms with Crippen molar-refractivity contribution in [2.75, 3.05) is 6.61 Å². The molecule has 2 aliphatic rings. The summed E-state index contributed by atoms with van der Waals surface area (Å²) in [4.78, 5) is 0. The summed E-state index contributed by atoms with van der Waals surface area (Å²) in [5.41, 5.74) is 2.64. The average molecular weight is 230 g/mol. The number of hydrogen-bond acceptors (Lipinski definition) is 2. The predicted octanol–water partition coefficient (Wildman–Crippen LogP) is 2.90. The quantitative estimate of drug-likeness (QED) is 0.803. The predicted molar refractivity (Wildman–Crippen MR) is 66.5 cm³/mol. The molecule has 1 aromatic rings. The lowest BCUT2D eigenvalue weighted by Gasteiger charge is -2.37. The highest BCUT2D eigenvalue weighted by Crippen LogP contribution is 2.42. The third-order valence-corrected chi connectivity index (χ3v) is 3.91. The van der Waals surface area contributed by atoms with Gasteiger partial charge >= 0.3 is 0 Å². The molecule has 90 valence electrons. The van der Waals surface area contributed by atoms with Gasteiger partial charge in [-0.2, -0.15) is 0 Å². The SMILES string of the molecule is OC1(C2=COCCC2)CCCc2ccccc21. The van der Waals surface area contributed by atoms with Gasteiger partial charge in [-0.1, -0.05) is 24.3 Å². The summed E-state index contributed by atoms with van der Waals surface area (Å²) in [6.45, 7) is 0.779. The van der Waals surface area contributed by atoms with E-state index < -0.39 is 5.60 Å². The summed E-state index contributed by atoms with van der Waals surface area (Å²) in [6, 6.07) is 8.25. The van der Waals surface area contributed by atoms with E-state index >= 15 is 0 Å². The fourth-order valence-corrected chi connectivity index (χ4v) is 3.01. The number of aliphatic hydroxyl groups is 1. The van der Waals surface area contributed by atoms with Crippen molar-refractivity contribution in [1.82, 2.24) is 0 Å². The van der Waals surface area contributed by atoms with E-state index in [1.807, 2.05) is 6.07 Å². The van der Waals surface area contributed by atoms with Crippen molar-refractivity contribution in [1.29, 1.82) is 0 Å². The third kappa shape index (κ3) is 1.77. The molecule has 0 fully saturated rings. The highest BCUT2D eigenvalue weighted by atomic mass is 16.5. The maximum atomic E-state index is 11.0. The molecule has 1 N–H and O–H groups in total. The van der Waals surface area contributed by atoms with Crippen molar-refractivity contribution >= 4 is 0 Å². The van der Waals surface area contributed by atoms with Gasteiger partial charge in [0, 0.05) is 5.57 Å². The Kier molecular flexibility index (Phi) is 2.67. The summed E-state index contributed by atoms with van der Waals surface area (Å²) < 4.78 is 5.39. The zero-order chi connectivity index (χ0) is 11.7. The fourth-order valence-electron chi connectivity index (χ4n) is 3.01. The summed E-state index contributed by atoms with van der Waals surface area (Å²) in [5.74, 6) is 0. The van der Waals surface area contributed by atoms with Gasteiger partial charge in [-0.15, -0.1) is 0 Å². The smallest absolute Gasteiger partial charge is 0.114 e. The number of fused-ring (bicyclic) bond motifs is 1. The van der Waals surface area contributed by atoms with Crippen molar-refractivity contribution < 1.29 is 9.84 Å². The fraction of sp³-hybridized carbons (Fsp3) is 0.467.